The Balaban J connectivity index is 1.65. The monoisotopic (exact) mass is 393 g/mol. The van der Waals surface area contributed by atoms with E-state index in [2.05, 4.69) is 9.97 Å². The van der Waals surface area contributed by atoms with Gasteiger partial charge >= 0.3 is 0 Å². The van der Waals surface area contributed by atoms with E-state index in [0.717, 1.165) is 12.8 Å². The van der Waals surface area contributed by atoms with Gasteiger partial charge in [0.2, 0.25) is 0 Å². The second-order valence-electron chi connectivity index (χ2n) is 6.52. The van der Waals surface area contributed by atoms with Crippen LogP contribution < -0.4 is 0 Å². The Morgan fingerprint density at radius 1 is 1.30 bits per heavy atom. The first kappa shape index (κ1) is 17.9. The van der Waals surface area contributed by atoms with Gasteiger partial charge in [0.25, 0.3) is 12.3 Å². The van der Waals surface area contributed by atoms with E-state index in [0.29, 0.717) is 16.6 Å². The Kier molecular flexibility index (Phi) is 4.55. The number of aromatic amines is 1. The molecule has 0 bridgehead atoms. The molecule has 1 saturated carbocycles. The number of hydrogen-bond acceptors (Lipinski definition) is 2. The van der Waals surface area contributed by atoms with E-state index >= 15 is 0 Å². The molecule has 8 heteroatoms. The third kappa shape index (κ3) is 3.51. The molecule has 1 aliphatic rings. The van der Waals surface area contributed by atoms with Crippen LogP contribution >= 0.6 is 11.6 Å². The summed E-state index contributed by atoms with van der Waals surface area (Å²) in [5.41, 5.74) is 1.31. The molecule has 0 radical (unpaired) electrons. The third-order valence-corrected chi connectivity index (χ3v) is 4.95. The molecule has 0 spiro atoms. The van der Waals surface area contributed by atoms with Crippen molar-refractivity contribution in [2.24, 2.45) is 0 Å². The van der Waals surface area contributed by atoms with Crippen LogP contribution in [0.15, 0.2) is 36.4 Å². The maximum absolute atomic E-state index is 14.1. The number of hydrogen-bond donors (Lipinski definition) is 1. The Bertz CT molecular complexity index is 996. The zero-order chi connectivity index (χ0) is 19.1. The minimum atomic E-state index is -2.72. The van der Waals surface area contributed by atoms with Gasteiger partial charge in [-0.25, -0.2) is 18.2 Å². The highest BCUT2D eigenvalue weighted by Crippen LogP contribution is 2.32. The van der Waals surface area contributed by atoms with Gasteiger partial charge in [0.15, 0.2) is 5.82 Å². The predicted molar refractivity (Wildman–Crippen MR) is 95.4 cm³/mol. The number of H-pyrrole nitrogens is 1. The van der Waals surface area contributed by atoms with Crippen molar-refractivity contribution in [3.05, 3.63) is 64.2 Å². The number of nitrogens with zero attached hydrogens (tertiary/aromatic N) is 2. The summed E-state index contributed by atoms with van der Waals surface area (Å²) in [6.45, 7) is 0.0539. The van der Waals surface area contributed by atoms with Crippen molar-refractivity contribution < 1.29 is 18.0 Å². The van der Waals surface area contributed by atoms with E-state index in [9.17, 15) is 18.0 Å². The summed E-state index contributed by atoms with van der Waals surface area (Å²) < 4.78 is 39.8. The minimum absolute atomic E-state index is 0.0160. The highest BCUT2D eigenvalue weighted by molar-refractivity contribution is 6.31. The van der Waals surface area contributed by atoms with Gasteiger partial charge in [-0.15, -0.1) is 0 Å². The summed E-state index contributed by atoms with van der Waals surface area (Å²) in [7, 11) is 0. The zero-order valence-corrected chi connectivity index (χ0v) is 14.8. The maximum Gasteiger partial charge on any atom is 0.295 e. The first-order valence-electron chi connectivity index (χ1n) is 8.45. The summed E-state index contributed by atoms with van der Waals surface area (Å²) in [5, 5.41) is 0.263. The summed E-state index contributed by atoms with van der Waals surface area (Å²) in [6, 6.07) is 8.97. The molecular formula is C19H15ClF3N3O. The molecular weight excluding hydrogens is 379 g/mol. The summed E-state index contributed by atoms with van der Waals surface area (Å²) >= 11 is 6.10. The van der Waals surface area contributed by atoms with Crippen molar-refractivity contribution >= 4 is 28.5 Å². The first-order valence-corrected chi connectivity index (χ1v) is 8.83. The predicted octanol–water partition coefficient (Wildman–Crippen LogP) is 5.10. The van der Waals surface area contributed by atoms with Gasteiger partial charge in [-0.05, 0) is 43.2 Å². The van der Waals surface area contributed by atoms with Gasteiger partial charge < -0.3 is 9.88 Å². The van der Waals surface area contributed by atoms with Crippen molar-refractivity contribution in [1.29, 1.82) is 0 Å². The standard InChI is InChI=1S/C19H15ClF3N3O/c20-13-2-1-3-14(21)12(13)9-26(11-5-6-11)19(27)10-4-7-15-16(8-10)25-18(24-15)17(22)23/h1-4,7-8,11,17H,5-6,9H2,(H,24,25). The zero-order valence-electron chi connectivity index (χ0n) is 14.1. The fourth-order valence-corrected chi connectivity index (χ4v) is 3.26. The molecule has 0 unspecified atom stereocenters. The molecule has 1 heterocycles. The number of fused-ring (bicyclic) bond motifs is 1. The van der Waals surface area contributed by atoms with E-state index in [1.165, 1.54) is 24.3 Å². The quantitative estimate of drug-likeness (QED) is 0.655. The van der Waals surface area contributed by atoms with Crippen LogP contribution in [0.1, 0.15) is 41.0 Å². The van der Waals surface area contributed by atoms with Gasteiger partial charge in [-0.2, -0.15) is 0 Å². The molecule has 1 aromatic heterocycles. The lowest BCUT2D eigenvalue weighted by molar-refractivity contribution is 0.0728. The number of nitrogens with one attached hydrogen (secondary N) is 1. The maximum atomic E-state index is 14.1. The van der Waals surface area contributed by atoms with E-state index in [1.807, 2.05) is 0 Å². The lowest BCUT2D eigenvalue weighted by Crippen LogP contribution is -2.33. The van der Waals surface area contributed by atoms with Gasteiger partial charge in [0, 0.05) is 22.2 Å². The molecule has 1 fully saturated rings. The lowest BCUT2D eigenvalue weighted by Gasteiger charge is -2.23. The average molecular weight is 394 g/mol. The minimum Gasteiger partial charge on any atom is -0.337 e. The smallest absolute Gasteiger partial charge is 0.295 e. The van der Waals surface area contributed by atoms with Crippen LogP contribution in [0.2, 0.25) is 5.02 Å². The number of amides is 1. The van der Waals surface area contributed by atoms with Gasteiger partial charge in [0.1, 0.15) is 5.82 Å². The average Bonchev–Trinajstić information content (AvgIpc) is 3.38. The molecule has 1 amide bonds. The highest BCUT2D eigenvalue weighted by Gasteiger charge is 2.34. The number of rotatable bonds is 5. The van der Waals surface area contributed by atoms with Crippen LogP contribution in [0.5, 0.6) is 0 Å². The summed E-state index contributed by atoms with van der Waals surface area (Å²) in [6.07, 6.45) is -1.05. The van der Waals surface area contributed by atoms with Crippen LogP contribution in [0.3, 0.4) is 0 Å². The molecule has 140 valence electrons. The fraction of sp³-hybridized carbons (Fsp3) is 0.263. The second-order valence-corrected chi connectivity index (χ2v) is 6.93. The SMILES string of the molecule is O=C(c1ccc2nc(C(F)F)[nH]c2c1)N(Cc1c(F)cccc1Cl)C1CC1. The molecule has 3 aromatic rings. The molecule has 1 aliphatic carbocycles. The number of benzene rings is 2. The summed E-state index contributed by atoms with van der Waals surface area (Å²) in [4.78, 5) is 20.9. The Morgan fingerprint density at radius 3 is 2.74 bits per heavy atom. The first-order chi connectivity index (χ1) is 12.9. The van der Waals surface area contributed by atoms with Gasteiger partial charge in [0.05, 0.1) is 17.6 Å². The highest BCUT2D eigenvalue weighted by atomic mass is 35.5. The van der Waals surface area contributed by atoms with Crippen LogP contribution in [-0.4, -0.2) is 26.8 Å². The Hall–Kier alpha value is -2.54. The number of carbonyl (C=O) groups is 1. The van der Waals surface area contributed by atoms with Crippen LogP contribution in [0, 0.1) is 5.82 Å². The van der Waals surface area contributed by atoms with Crippen LogP contribution in [-0.2, 0) is 6.54 Å². The number of imidazole rings is 1. The van der Waals surface area contributed by atoms with Crippen molar-refractivity contribution in [2.75, 3.05) is 0 Å². The van der Waals surface area contributed by atoms with Crippen molar-refractivity contribution in [3.8, 4) is 0 Å². The number of carbonyl (C=O) groups excluding carboxylic acids is 1. The third-order valence-electron chi connectivity index (χ3n) is 4.59. The molecule has 2 aromatic carbocycles. The number of alkyl halides is 2. The van der Waals surface area contributed by atoms with Crippen molar-refractivity contribution in [2.45, 2.75) is 31.9 Å². The normalized spacial score (nSPS) is 14.1. The molecule has 4 rings (SSSR count). The van der Waals surface area contributed by atoms with E-state index in [1.54, 1.807) is 17.0 Å². The molecule has 0 saturated heterocycles. The molecule has 0 atom stereocenters. The number of halogens is 4. The Labute approximate surface area is 158 Å². The molecule has 1 N–H and O–H groups in total. The Morgan fingerprint density at radius 2 is 2.07 bits per heavy atom. The van der Waals surface area contributed by atoms with Crippen molar-refractivity contribution in [1.82, 2.24) is 14.9 Å². The van der Waals surface area contributed by atoms with E-state index < -0.39 is 18.1 Å². The van der Waals surface area contributed by atoms with E-state index in [-0.39, 0.29) is 29.1 Å². The van der Waals surface area contributed by atoms with Crippen LogP contribution in [0.25, 0.3) is 11.0 Å². The fourth-order valence-electron chi connectivity index (χ4n) is 3.04. The topological polar surface area (TPSA) is 49.0 Å². The number of aromatic nitrogens is 2. The largest absolute Gasteiger partial charge is 0.337 e. The van der Waals surface area contributed by atoms with Gasteiger partial charge in [-0.1, -0.05) is 17.7 Å². The van der Waals surface area contributed by atoms with Gasteiger partial charge in [-0.3, -0.25) is 4.79 Å². The second kappa shape index (κ2) is 6.88. The van der Waals surface area contributed by atoms with Crippen LogP contribution in [0.4, 0.5) is 13.2 Å². The lowest BCUT2D eigenvalue weighted by atomic mass is 10.1. The van der Waals surface area contributed by atoms with Crippen molar-refractivity contribution in [3.63, 3.8) is 0 Å². The summed E-state index contributed by atoms with van der Waals surface area (Å²) in [5.74, 6) is -1.20. The molecule has 0 aliphatic heterocycles. The molecule has 4 nitrogen and oxygen atoms in total. The van der Waals surface area contributed by atoms with E-state index in [4.69, 9.17) is 11.6 Å². The molecule has 27 heavy (non-hydrogen) atoms.